The van der Waals surface area contributed by atoms with E-state index in [0.717, 1.165) is 31.5 Å². The second-order valence-electron chi connectivity index (χ2n) is 7.30. The van der Waals surface area contributed by atoms with Gasteiger partial charge in [0.25, 0.3) is 0 Å². The van der Waals surface area contributed by atoms with Crippen LogP contribution >= 0.6 is 24.0 Å². The molecule has 0 bridgehead atoms. The van der Waals surface area contributed by atoms with Gasteiger partial charge in [0.2, 0.25) is 0 Å². The molecule has 2 aromatic rings. The van der Waals surface area contributed by atoms with Crippen LogP contribution in [0.2, 0.25) is 0 Å². The van der Waals surface area contributed by atoms with Gasteiger partial charge in [-0.05, 0) is 63.0 Å². The van der Waals surface area contributed by atoms with E-state index in [4.69, 9.17) is 4.99 Å². The van der Waals surface area contributed by atoms with Crippen LogP contribution in [0, 0.1) is 5.92 Å². The highest BCUT2D eigenvalue weighted by Crippen LogP contribution is 2.15. The molecule has 2 heterocycles. The molecule has 1 aliphatic rings. The number of hydrogen-bond acceptors (Lipinski definition) is 3. The van der Waals surface area contributed by atoms with Gasteiger partial charge in [-0.1, -0.05) is 24.3 Å². The fourth-order valence-electron chi connectivity index (χ4n) is 3.45. The van der Waals surface area contributed by atoms with E-state index in [0.29, 0.717) is 6.54 Å². The van der Waals surface area contributed by atoms with Gasteiger partial charge in [-0.2, -0.15) is 5.10 Å². The Morgan fingerprint density at radius 1 is 1.14 bits per heavy atom. The maximum absolute atomic E-state index is 4.83. The first-order valence-electron chi connectivity index (χ1n) is 9.99. The third kappa shape index (κ3) is 7.09. The first kappa shape index (κ1) is 22.7. The molecule has 0 unspecified atom stereocenters. The molecule has 1 saturated heterocycles. The van der Waals surface area contributed by atoms with Crippen LogP contribution in [0.3, 0.4) is 0 Å². The summed E-state index contributed by atoms with van der Waals surface area (Å²) in [5, 5.41) is 11.2. The van der Waals surface area contributed by atoms with Crippen molar-refractivity contribution in [3.05, 3.63) is 53.9 Å². The molecular formula is C21H33IN6. The highest BCUT2D eigenvalue weighted by atomic mass is 127. The second kappa shape index (κ2) is 12.1. The second-order valence-corrected chi connectivity index (χ2v) is 7.30. The van der Waals surface area contributed by atoms with Crippen molar-refractivity contribution in [3.8, 4) is 0 Å². The van der Waals surface area contributed by atoms with E-state index in [1.807, 2.05) is 23.1 Å². The normalized spacial score (nSPS) is 15.9. The predicted octanol–water partition coefficient (Wildman–Crippen LogP) is 2.95. The summed E-state index contributed by atoms with van der Waals surface area (Å²) in [7, 11) is 2.20. The molecule has 0 atom stereocenters. The number of piperidine rings is 1. The molecule has 2 N–H and O–H groups in total. The summed E-state index contributed by atoms with van der Waals surface area (Å²) >= 11 is 0. The van der Waals surface area contributed by atoms with Crippen molar-refractivity contribution >= 4 is 29.9 Å². The molecule has 154 valence electrons. The number of hydrogen-bond donors (Lipinski definition) is 2. The van der Waals surface area contributed by atoms with Gasteiger partial charge in [0.15, 0.2) is 5.96 Å². The summed E-state index contributed by atoms with van der Waals surface area (Å²) in [4.78, 5) is 7.24. The largest absolute Gasteiger partial charge is 0.357 e. The molecule has 6 nitrogen and oxygen atoms in total. The number of benzene rings is 1. The Morgan fingerprint density at radius 3 is 2.57 bits per heavy atom. The molecule has 0 amide bonds. The lowest BCUT2D eigenvalue weighted by Crippen LogP contribution is -2.42. The van der Waals surface area contributed by atoms with Crippen molar-refractivity contribution < 1.29 is 0 Å². The van der Waals surface area contributed by atoms with Crippen LogP contribution in [0.15, 0.2) is 47.7 Å². The van der Waals surface area contributed by atoms with Crippen molar-refractivity contribution in [1.82, 2.24) is 25.3 Å². The molecule has 1 aromatic heterocycles. The van der Waals surface area contributed by atoms with E-state index in [9.17, 15) is 0 Å². The minimum Gasteiger partial charge on any atom is -0.357 e. The van der Waals surface area contributed by atoms with Crippen molar-refractivity contribution in [2.24, 2.45) is 10.9 Å². The Bertz CT molecular complexity index is 707. The molecular weight excluding hydrogens is 463 g/mol. The zero-order valence-corrected chi connectivity index (χ0v) is 19.3. The molecule has 28 heavy (non-hydrogen) atoms. The zero-order valence-electron chi connectivity index (χ0n) is 17.0. The summed E-state index contributed by atoms with van der Waals surface area (Å²) in [6.45, 7) is 7.81. The molecule has 0 radical (unpaired) electrons. The Balaban J connectivity index is 0.00000280. The average Bonchev–Trinajstić information content (AvgIpc) is 3.19. The van der Waals surface area contributed by atoms with Crippen molar-refractivity contribution in [2.45, 2.75) is 32.9 Å². The van der Waals surface area contributed by atoms with Gasteiger partial charge in [0.1, 0.15) is 0 Å². The molecule has 0 aliphatic carbocycles. The molecule has 1 aliphatic heterocycles. The van der Waals surface area contributed by atoms with Gasteiger partial charge in [0, 0.05) is 25.5 Å². The predicted molar refractivity (Wildman–Crippen MR) is 126 cm³/mol. The number of nitrogens with zero attached hydrogens (tertiary/aromatic N) is 4. The van der Waals surface area contributed by atoms with Crippen LogP contribution in [0.4, 0.5) is 0 Å². The van der Waals surface area contributed by atoms with Crippen LogP contribution < -0.4 is 10.6 Å². The molecule has 1 aromatic carbocycles. The lowest BCUT2D eigenvalue weighted by atomic mass is 9.97. The van der Waals surface area contributed by atoms with Crippen LogP contribution in [-0.2, 0) is 13.1 Å². The zero-order chi connectivity index (χ0) is 18.9. The Hall–Kier alpha value is -1.61. The standard InChI is InChI=1S/C21H32N6.HI/c1-3-22-21(23-15-18-9-13-26(2)14-10-18)24-16-19-7-4-5-8-20(19)17-27-12-6-11-25-27;/h4-8,11-12,18H,3,9-10,13-17H2,1-2H3,(H2,22,23,24);1H. The number of nitrogens with one attached hydrogen (secondary N) is 2. The lowest BCUT2D eigenvalue weighted by molar-refractivity contribution is 0.220. The number of guanidine groups is 1. The highest BCUT2D eigenvalue weighted by Gasteiger charge is 2.16. The third-order valence-corrected chi connectivity index (χ3v) is 5.16. The summed E-state index contributed by atoms with van der Waals surface area (Å²) in [5.41, 5.74) is 2.50. The van der Waals surface area contributed by atoms with E-state index in [-0.39, 0.29) is 24.0 Å². The molecule has 7 heteroatoms. The first-order chi connectivity index (χ1) is 13.2. The first-order valence-corrected chi connectivity index (χ1v) is 9.99. The Labute approximate surface area is 185 Å². The van der Waals surface area contributed by atoms with Crippen LogP contribution in [-0.4, -0.2) is 53.9 Å². The number of aromatic nitrogens is 2. The molecule has 0 saturated carbocycles. The average molecular weight is 496 g/mol. The monoisotopic (exact) mass is 496 g/mol. The smallest absolute Gasteiger partial charge is 0.191 e. The minimum absolute atomic E-state index is 0. The van der Waals surface area contributed by atoms with E-state index in [1.165, 1.54) is 37.1 Å². The topological polar surface area (TPSA) is 57.5 Å². The third-order valence-electron chi connectivity index (χ3n) is 5.16. The van der Waals surface area contributed by atoms with Crippen LogP contribution in [0.1, 0.15) is 30.9 Å². The van der Waals surface area contributed by atoms with Gasteiger partial charge in [-0.15, -0.1) is 24.0 Å². The van der Waals surface area contributed by atoms with Gasteiger partial charge in [-0.25, -0.2) is 4.99 Å². The summed E-state index contributed by atoms with van der Waals surface area (Å²) in [5.74, 6) is 1.64. The van der Waals surface area contributed by atoms with Crippen molar-refractivity contribution in [1.29, 1.82) is 0 Å². The van der Waals surface area contributed by atoms with Crippen molar-refractivity contribution in [3.63, 3.8) is 0 Å². The molecule has 0 spiro atoms. The van der Waals surface area contributed by atoms with Gasteiger partial charge < -0.3 is 15.5 Å². The SMILES string of the molecule is CCNC(=NCc1ccccc1Cn1cccn1)NCC1CCN(C)CC1.I. The number of aliphatic imine (C=N–C) groups is 1. The number of likely N-dealkylation sites (tertiary alicyclic amines) is 1. The summed E-state index contributed by atoms with van der Waals surface area (Å²) in [6.07, 6.45) is 6.33. The van der Waals surface area contributed by atoms with Crippen LogP contribution in [0.25, 0.3) is 0 Å². The lowest BCUT2D eigenvalue weighted by Gasteiger charge is -2.29. The number of halogens is 1. The number of rotatable bonds is 7. The fraction of sp³-hybridized carbons (Fsp3) is 0.524. The summed E-state index contributed by atoms with van der Waals surface area (Å²) in [6, 6.07) is 10.4. The van der Waals surface area contributed by atoms with E-state index < -0.39 is 0 Å². The van der Waals surface area contributed by atoms with Crippen LogP contribution in [0.5, 0.6) is 0 Å². The maximum atomic E-state index is 4.83. The van der Waals surface area contributed by atoms with E-state index >= 15 is 0 Å². The van der Waals surface area contributed by atoms with E-state index in [1.54, 1.807) is 0 Å². The minimum atomic E-state index is 0. The van der Waals surface area contributed by atoms with Gasteiger partial charge in [0.05, 0.1) is 13.1 Å². The van der Waals surface area contributed by atoms with E-state index in [2.05, 4.69) is 58.9 Å². The maximum Gasteiger partial charge on any atom is 0.191 e. The fourth-order valence-corrected chi connectivity index (χ4v) is 3.45. The Morgan fingerprint density at radius 2 is 1.89 bits per heavy atom. The molecule has 1 fully saturated rings. The van der Waals surface area contributed by atoms with Gasteiger partial charge in [-0.3, -0.25) is 4.68 Å². The quantitative estimate of drug-likeness (QED) is 0.352. The van der Waals surface area contributed by atoms with Gasteiger partial charge >= 0.3 is 0 Å². The van der Waals surface area contributed by atoms with Crippen molar-refractivity contribution in [2.75, 3.05) is 33.2 Å². The highest BCUT2D eigenvalue weighted by molar-refractivity contribution is 14.0. The Kier molecular flexibility index (Phi) is 9.77. The molecule has 3 rings (SSSR count). The summed E-state index contributed by atoms with van der Waals surface area (Å²) < 4.78 is 1.95.